The number of carbonyl (C=O) groups is 2. The van der Waals surface area contributed by atoms with Crippen LogP contribution in [0.3, 0.4) is 0 Å². The van der Waals surface area contributed by atoms with Gasteiger partial charge in [0.25, 0.3) is 0 Å². The van der Waals surface area contributed by atoms with Crippen LogP contribution in [0.1, 0.15) is 0 Å². The molecule has 0 N–H and O–H groups in total. The summed E-state index contributed by atoms with van der Waals surface area (Å²) in [6, 6.07) is 2.11. The van der Waals surface area contributed by atoms with E-state index in [9.17, 15) is 18.4 Å². The van der Waals surface area contributed by atoms with Gasteiger partial charge in [0.1, 0.15) is 5.69 Å². The highest BCUT2D eigenvalue weighted by molar-refractivity contribution is 5.94. The largest absolute Gasteiger partial charge is 0.466 e. The van der Waals surface area contributed by atoms with E-state index < -0.39 is 29.8 Å². The fourth-order valence-electron chi connectivity index (χ4n) is 2.60. The molecular weight excluding hydrogens is 310 g/mol. The number of benzene rings is 1. The lowest BCUT2D eigenvalue weighted by atomic mass is 10.2. The third-order valence-corrected chi connectivity index (χ3v) is 3.72. The first-order chi connectivity index (χ1) is 11.0. The minimum atomic E-state index is -1.11. The van der Waals surface area contributed by atoms with E-state index in [4.69, 9.17) is 4.74 Å². The maximum atomic E-state index is 14.3. The van der Waals surface area contributed by atoms with E-state index >= 15 is 0 Å². The SMILES string of the molecule is COC(=O)[C@H]1CN(c2cc(F)c(N3CC=CC3)c(F)c2)C(=O)O1. The molecule has 1 aromatic rings. The molecule has 122 valence electrons. The summed E-state index contributed by atoms with van der Waals surface area (Å²) in [6.07, 6.45) is 1.66. The van der Waals surface area contributed by atoms with Gasteiger partial charge in [0.2, 0.25) is 6.10 Å². The first-order valence-corrected chi connectivity index (χ1v) is 6.96. The smallest absolute Gasteiger partial charge is 0.415 e. The number of methoxy groups -OCH3 is 1. The minimum Gasteiger partial charge on any atom is -0.466 e. The van der Waals surface area contributed by atoms with Gasteiger partial charge in [0.15, 0.2) is 11.6 Å². The van der Waals surface area contributed by atoms with Crippen molar-refractivity contribution < 1.29 is 27.8 Å². The molecule has 0 aromatic heterocycles. The molecule has 0 spiro atoms. The fraction of sp³-hybridized carbons (Fsp3) is 0.333. The Balaban J connectivity index is 1.86. The van der Waals surface area contributed by atoms with Crippen LogP contribution in [-0.2, 0) is 14.3 Å². The highest BCUT2D eigenvalue weighted by atomic mass is 19.1. The summed E-state index contributed by atoms with van der Waals surface area (Å²) in [5.74, 6) is -2.28. The summed E-state index contributed by atoms with van der Waals surface area (Å²) in [7, 11) is 1.16. The summed E-state index contributed by atoms with van der Waals surface area (Å²) in [6.45, 7) is 0.682. The Kier molecular flexibility index (Phi) is 3.89. The molecule has 6 nitrogen and oxygen atoms in total. The molecule has 0 aliphatic carbocycles. The van der Waals surface area contributed by atoms with Crippen molar-refractivity contribution >= 4 is 23.4 Å². The van der Waals surface area contributed by atoms with Crippen LogP contribution in [0.15, 0.2) is 24.3 Å². The predicted molar refractivity (Wildman–Crippen MR) is 77.3 cm³/mol. The van der Waals surface area contributed by atoms with Gasteiger partial charge in [-0.3, -0.25) is 4.90 Å². The molecule has 1 fully saturated rings. The van der Waals surface area contributed by atoms with Crippen LogP contribution in [0.4, 0.5) is 25.0 Å². The Hall–Kier alpha value is -2.64. The normalized spacial score (nSPS) is 20.1. The maximum Gasteiger partial charge on any atom is 0.415 e. The Bertz CT molecular complexity index is 661. The lowest BCUT2D eigenvalue weighted by Gasteiger charge is -2.21. The summed E-state index contributed by atoms with van der Waals surface area (Å²) >= 11 is 0. The van der Waals surface area contributed by atoms with Crippen molar-refractivity contribution in [2.24, 2.45) is 0 Å². The van der Waals surface area contributed by atoms with Crippen molar-refractivity contribution in [3.8, 4) is 0 Å². The molecule has 1 atom stereocenters. The monoisotopic (exact) mass is 324 g/mol. The maximum absolute atomic E-state index is 14.3. The standard InChI is InChI=1S/C15H14F2N2O4/c1-22-14(20)12-8-19(15(21)23-12)9-6-10(16)13(11(17)7-9)18-4-2-3-5-18/h2-3,6-7,12H,4-5,8H2,1H3/t12-/m1/s1. The molecular formula is C15H14F2N2O4. The Morgan fingerprint density at radius 3 is 2.43 bits per heavy atom. The number of ether oxygens (including phenoxy) is 2. The molecule has 8 heteroatoms. The molecule has 2 aliphatic heterocycles. The van der Waals surface area contributed by atoms with Gasteiger partial charge < -0.3 is 14.4 Å². The van der Waals surface area contributed by atoms with E-state index in [2.05, 4.69) is 4.74 Å². The van der Waals surface area contributed by atoms with Crippen LogP contribution in [0, 0.1) is 11.6 Å². The van der Waals surface area contributed by atoms with Gasteiger partial charge in [-0.1, -0.05) is 12.2 Å². The van der Waals surface area contributed by atoms with E-state index in [1.165, 1.54) is 4.90 Å². The third kappa shape index (κ3) is 2.71. The van der Waals surface area contributed by atoms with E-state index in [1.807, 2.05) is 12.2 Å². The molecule has 2 heterocycles. The number of rotatable bonds is 3. The predicted octanol–water partition coefficient (Wildman–Crippen LogP) is 1.84. The molecule has 0 radical (unpaired) electrons. The van der Waals surface area contributed by atoms with Crippen LogP contribution in [-0.4, -0.2) is 44.9 Å². The average Bonchev–Trinajstić information content (AvgIpc) is 3.15. The van der Waals surface area contributed by atoms with Gasteiger partial charge in [-0.25, -0.2) is 18.4 Å². The number of cyclic esters (lactones) is 1. The second-order valence-corrected chi connectivity index (χ2v) is 5.14. The highest BCUT2D eigenvalue weighted by Crippen LogP contribution is 2.31. The van der Waals surface area contributed by atoms with Crippen molar-refractivity contribution in [1.29, 1.82) is 0 Å². The average molecular weight is 324 g/mol. The quantitative estimate of drug-likeness (QED) is 0.627. The Morgan fingerprint density at radius 1 is 1.26 bits per heavy atom. The number of esters is 1. The lowest BCUT2D eigenvalue weighted by Crippen LogP contribution is -2.29. The molecule has 0 unspecified atom stereocenters. The Labute approximate surface area is 130 Å². The van der Waals surface area contributed by atoms with Gasteiger partial charge in [0, 0.05) is 25.2 Å². The number of carbonyl (C=O) groups excluding carboxylic acids is 2. The van der Waals surface area contributed by atoms with Crippen molar-refractivity contribution in [1.82, 2.24) is 0 Å². The number of anilines is 2. The molecule has 1 amide bonds. The second kappa shape index (κ2) is 5.86. The van der Waals surface area contributed by atoms with E-state index in [1.54, 1.807) is 0 Å². The van der Waals surface area contributed by atoms with E-state index in [-0.39, 0.29) is 17.9 Å². The summed E-state index contributed by atoms with van der Waals surface area (Å²) in [5.41, 5.74) is -0.150. The van der Waals surface area contributed by atoms with Gasteiger partial charge in [-0.15, -0.1) is 0 Å². The van der Waals surface area contributed by atoms with Crippen LogP contribution >= 0.6 is 0 Å². The lowest BCUT2D eigenvalue weighted by molar-refractivity contribution is -0.148. The second-order valence-electron chi connectivity index (χ2n) is 5.14. The van der Waals surface area contributed by atoms with Crippen LogP contribution in [0.2, 0.25) is 0 Å². The number of halogens is 2. The highest BCUT2D eigenvalue weighted by Gasteiger charge is 2.38. The zero-order valence-corrected chi connectivity index (χ0v) is 12.3. The Morgan fingerprint density at radius 2 is 1.87 bits per heavy atom. The van der Waals surface area contributed by atoms with Crippen molar-refractivity contribution in [2.45, 2.75) is 6.10 Å². The number of hydrogen-bond acceptors (Lipinski definition) is 5. The van der Waals surface area contributed by atoms with Gasteiger partial charge in [-0.05, 0) is 0 Å². The van der Waals surface area contributed by atoms with Crippen molar-refractivity contribution in [3.63, 3.8) is 0 Å². The van der Waals surface area contributed by atoms with Crippen LogP contribution in [0.25, 0.3) is 0 Å². The number of amides is 1. The van der Waals surface area contributed by atoms with Crippen molar-refractivity contribution in [3.05, 3.63) is 35.9 Å². The fourth-order valence-corrected chi connectivity index (χ4v) is 2.60. The van der Waals surface area contributed by atoms with Crippen LogP contribution in [0.5, 0.6) is 0 Å². The number of nitrogens with zero attached hydrogens (tertiary/aromatic N) is 2. The van der Waals surface area contributed by atoms with Gasteiger partial charge in [0.05, 0.1) is 19.3 Å². The van der Waals surface area contributed by atoms with E-state index in [0.717, 1.165) is 24.1 Å². The topological polar surface area (TPSA) is 59.1 Å². The zero-order chi connectivity index (χ0) is 16.6. The molecule has 0 saturated carbocycles. The summed E-state index contributed by atoms with van der Waals surface area (Å²) in [4.78, 5) is 25.7. The van der Waals surface area contributed by atoms with E-state index in [0.29, 0.717) is 13.1 Å². The van der Waals surface area contributed by atoms with Gasteiger partial charge >= 0.3 is 12.1 Å². The summed E-state index contributed by atoms with van der Waals surface area (Å²) < 4.78 is 37.9. The molecule has 3 rings (SSSR count). The zero-order valence-electron chi connectivity index (χ0n) is 12.3. The molecule has 23 heavy (non-hydrogen) atoms. The minimum absolute atomic E-state index is 0.00712. The third-order valence-electron chi connectivity index (χ3n) is 3.72. The van der Waals surface area contributed by atoms with Crippen molar-refractivity contribution in [2.75, 3.05) is 36.5 Å². The molecule has 0 bridgehead atoms. The summed E-state index contributed by atoms with van der Waals surface area (Å²) in [5, 5.41) is 0. The molecule has 2 aliphatic rings. The molecule has 1 saturated heterocycles. The first kappa shape index (κ1) is 15.3. The van der Waals surface area contributed by atoms with Crippen LogP contribution < -0.4 is 9.80 Å². The number of hydrogen-bond donors (Lipinski definition) is 0. The first-order valence-electron chi connectivity index (χ1n) is 6.96. The molecule has 1 aromatic carbocycles. The van der Waals surface area contributed by atoms with Gasteiger partial charge in [-0.2, -0.15) is 0 Å².